The Morgan fingerprint density at radius 2 is 2.09 bits per heavy atom. The Morgan fingerprint density at radius 1 is 1.32 bits per heavy atom. The summed E-state index contributed by atoms with van der Waals surface area (Å²) in [6.07, 6.45) is -3.04. The van der Waals surface area contributed by atoms with Crippen molar-refractivity contribution >= 4 is 16.6 Å². The van der Waals surface area contributed by atoms with Crippen molar-refractivity contribution < 1.29 is 23.0 Å². The highest BCUT2D eigenvalue weighted by molar-refractivity contribution is 5.91. The number of aliphatic hydroxyl groups excluding tert-OH is 1. The normalized spacial score (nSPS) is 13.3. The van der Waals surface area contributed by atoms with Gasteiger partial charge in [-0.2, -0.15) is 13.2 Å². The average Bonchev–Trinajstić information content (AvgIpc) is 2.46. The van der Waals surface area contributed by atoms with E-state index in [2.05, 4.69) is 10.3 Å². The number of halogens is 3. The van der Waals surface area contributed by atoms with E-state index < -0.39 is 17.8 Å². The molecule has 7 heteroatoms. The fourth-order valence-electron chi connectivity index (χ4n) is 2.13. The maximum absolute atomic E-state index is 12.7. The molecule has 120 valence electrons. The number of anilines is 1. The van der Waals surface area contributed by atoms with Crippen LogP contribution in [0.2, 0.25) is 0 Å². The Labute approximate surface area is 125 Å². The number of benzene rings is 1. The molecule has 0 aliphatic rings. The zero-order valence-corrected chi connectivity index (χ0v) is 12.0. The van der Waals surface area contributed by atoms with Gasteiger partial charge in [0.25, 0.3) is 0 Å². The second-order valence-electron chi connectivity index (χ2n) is 4.91. The number of aliphatic hydroxyl groups is 1. The van der Waals surface area contributed by atoms with Gasteiger partial charge in [-0.3, -0.25) is 4.98 Å². The predicted octanol–water partition coefficient (Wildman–Crippen LogP) is 3.06. The number of aromatic nitrogens is 1. The van der Waals surface area contributed by atoms with Crippen LogP contribution in [0, 0.1) is 0 Å². The Hall–Kier alpha value is -1.86. The highest BCUT2D eigenvalue weighted by Crippen LogP contribution is 2.32. The molecule has 0 aliphatic carbocycles. The zero-order chi connectivity index (χ0) is 16.2. The zero-order valence-electron chi connectivity index (χ0n) is 12.0. The van der Waals surface area contributed by atoms with Crippen molar-refractivity contribution in [1.82, 2.24) is 4.98 Å². The molecule has 0 spiro atoms. The van der Waals surface area contributed by atoms with Crippen LogP contribution in [0.25, 0.3) is 10.9 Å². The van der Waals surface area contributed by atoms with Gasteiger partial charge in [-0.05, 0) is 24.6 Å². The Bertz CT molecular complexity index is 632. The monoisotopic (exact) mass is 314 g/mol. The van der Waals surface area contributed by atoms with Gasteiger partial charge in [-0.1, -0.05) is 6.07 Å². The second-order valence-corrected chi connectivity index (χ2v) is 4.91. The summed E-state index contributed by atoms with van der Waals surface area (Å²) >= 11 is 0. The van der Waals surface area contributed by atoms with Gasteiger partial charge in [0, 0.05) is 30.9 Å². The van der Waals surface area contributed by atoms with Crippen molar-refractivity contribution in [2.24, 2.45) is 0 Å². The lowest BCUT2D eigenvalue weighted by molar-refractivity contribution is -0.137. The van der Waals surface area contributed by atoms with Crippen LogP contribution in [0.1, 0.15) is 12.0 Å². The number of nitrogens with one attached hydrogen (secondary N) is 1. The Balaban J connectivity index is 2.14. The minimum Gasteiger partial charge on any atom is -0.391 e. The second kappa shape index (κ2) is 6.93. The van der Waals surface area contributed by atoms with E-state index in [0.717, 1.165) is 12.1 Å². The molecule has 0 saturated carbocycles. The molecule has 4 nitrogen and oxygen atoms in total. The third kappa shape index (κ3) is 4.08. The summed E-state index contributed by atoms with van der Waals surface area (Å²) < 4.78 is 42.9. The van der Waals surface area contributed by atoms with Gasteiger partial charge in [0.1, 0.15) is 0 Å². The van der Waals surface area contributed by atoms with E-state index in [4.69, 9.17) is 4.74 Å². The smallest absolute Gasteiger partial charge is 0.391 e. The van der Waals surface area contributed by atoms with Gasteiger partial charge < -0.3 is 15.2 Å². The molecular formula is C15H17F3N2O2. The molecule has 1 heterocycles. The minimum absolute atomic E-state index is 0.244. The van der Waals surface area contributed by atoms with Crippen molar-refractivity contribution in [3.8, 4) is 0 Å². The number of ether oxygens (including phenoxy) is 1. The fourth-order valence-corrected chi connectivity index (χ4v) is 2.13. The fraction of sp³-hybridized carbons (Fsp3) is 0.400. The van der Waals surface area contributed by atoms with Crippen LogP contribution in [0.4, 0.5) is 18.9 Å². The van der Waals surface area contributed by atoms with E-state index in [9.17, 15) is 18.3 Å². The molecule has 0 saturated heterocycles. The van der Waals surface area contributed by atoms with Crippen molar-refractivity contribution in [3.63, 3.8) is 0 Å². The summed E-state index contributed by atoms with van der Waals surface area (Å²) in [5.41, 5.74) is 0.237. The van der Waals surface area contributed by atoms with Crippen molar-refractivity contribution in [3.05, 3.63) is 36.0 Å². The van der Waals surface area contributed by atoms with Gasteiger partial charge in [0.2, 0.25) is 0 Å². The third-order valence-corrected chi connectivity index (χ3v) is 3.22. The number of methoxy groups -OCH3 is 1. The topological polar surface area (TPSA) is 54.4 Å². The van der Waals surface area contributed by atoms with Crippen molar-refractivity contribution in [2.75, 3.05) is 25.6 Å². The summed E-state index contributed by atoms with van der Waals surface area (Å²) in [7, 11) is 1.51. The molecule has 0 bridgehead atoms. The van der Waals surface area contributed by atoms with E-state index in [1.165, 1.54) is 19.4 Å². The summed E-state index contributed by atoms with van der Waals surface area (Å²) in [4.78, 5) is 3.98. The number of alkyl halides is 3. The van der Waals surface area contributed by atoms with E-state index in [-0.39, 0.29) is 12.1 Å². The van der Waals surface area contributed by atoms with Crippen LogP contribution in [0.15, 0.2) is 30.5 Å². The van der Waals surface area contributed by atoms with E-state index >= 15 is 0 Å². The SMILES string of the molecule is COCC(O)CCNc1ccnc2cc(C(F)(F)F)ccc12. The number of hydrogen-bond acceptors (Lipinski definition) is 4. The van der Waals surface area contributed by atoms with Crippen LogP contribution >= 0.6 is 0 Å². The summed E-state index contributed by atoms with van der Waals surface area (Å²) in [5, 5.41) is 13.3. The molecule has 2 aromatic rings. The maximum Gasteiger partial charge on any atom is 0.416 e. The summed E-state index contributed by atoms with van der Waals surface area (Å²) in [6, 6.07) is 5.16. The average molecular weight is 314 g/mol. The van der Waals surface area contributed by atoms with E-state index in [1.54, 1.807) is 6.07 Å². The minimum atomic E-state index is -4.39. The highest BCUT2D eigenvalue weighted by atomic mass is 19.4. The van der Waals surface area contributed by atoms with Crippen LogP contribution in [-0.2, 0) is 10.9 Å². The quantitative estimate of drug-likeness (QED) is 0.860. The molecule has 1 aromatic carbocycles. The third-order valence-electron chi connectivity index (χ3n) is 3.22. The van der Waals surface area contributed by atoms with Crippen LogP contribution in [0.3, 0.4) is 0 Å². The molecule has 2 rings (SSSR count). The van der Waals surface area contributed by atoms with Gasteiger partial charge in [-0.25, -0.2) is 0 Å². The van der Waals surface area contributed by atoms with Gasteiger partial charge >= 0.3 is 6.18 Å². The molecule has 2 N–H and O–H groups in total. The number of hydrogen-bond donors (Lipinski definition) is 2. The Morgan fingerprint density at radius 3 is 2.77 bits per heavy atom. The first-order valence-electron chi connectivity index (χ1n) is 6.78. The van der Waals surface area contributed by atoms with Crippen LogP contribution in [-0.4, -0.2) is 36.5 Å². The van der Waals surface area contributed by atoms with Gasteiger partial charge in [-0.15, -0.1) is 0 Å². The summed E-state index contributed by atoms with van der Waals surface area (Å²) in [5.74, 6) is 0. The van der Waals surface area contributed by atoms with Crippen molar-refractivity contribution in [2.45, 2.75) is 18.7 Å². The predicted molar refractivity (Wildman–Crippen MR) is 77.7 cm³/mol. The Kier molecular flexibility index (Phi) is 5.20. The van der Waals surface area contributed by atoms with Gasteiger partial charge in [0.05, 0.1) is 23.8 Å². The first-order valence-corrected chi connectivity index (χ1v) is 6.78. The first-order chi connectivity index (χ1) is 10.4. The van der Waals surface area contributed by atoms with Crippen LogP contribution < -0.4 is 5.32 Å². The first kappa shape index (κ1) is 16.5. The van der Waals surface area contributed by atoms with Gasteiger partial charge in [0.15, 0.2) is 0 Å². The van der Waals surface area contributed by atoms with E-state index in [0.29, 0.717) is 24.0 Å². The van der Waals surface area contributed by atoms with E-state index in [1.807, 2.05) is 0 Å². The number of pyridine rings is 1. The molecule has 1 unspecified atom stereocenters. The molecule has 0 amide bonds. The summed E-state index contributed by atoms with van der Waals surface area (Å²) in [6.45, 7) is 0.721. The highest BCUT2D eigenvalue weighted by Gasteiger charge is 2.30. The molecule has 0 aliphatic heterocycles. The standard InChI is InChI=1S/C15H17F3N2O2/c1-22-9-11(21)4-6-19-13-5-7-20-14-8-10(15(16,17)18)2-3-12(13)14/h2-3,5,7-8,11,21H,4,6,9H2,1H3,(H,19,20). The molecule has 22 heavy (non-hydrogen) atoms. The number of nitrogens with zero attached hydrogens (tertiary/aromatic N) is 1. The lowest BCUT2D eigenvalue weighted by atomic mass is 10.1. The number of fused-ring (bicyclic) bond motifs is 1. The molecule has 0 fully saturated rings. The molecule has 0 radical (unpaired) electrons. The van der Waals surface area contributed by atoms with Crippen LogP contribution in [0.5, 0.6) is 0 Å². The lowest BCUT2D eigenvalue weighted by Gasteiger charge is -2.13. The van der Waals surface area contributed by atoms with Crippen molar-refractivity contribution in [1.29, 1.82) is 0 Å². The lowest BCUT2D eigenvalue weighted by Crippen LogP contribution is -2.18. The molecule has 1 aromatic heterocycles. The molecular weight excluding hydrogens is 297 g/mol. The largest absolute Gasteiger partial charge is 0.416 e. The number of rotatable bonds is 6. The molecule has 1 atom stereocenters. The maximum atomic E-state index is 12.7.